The maximum absolute atomic E-state index is 12.7. The molecule has 0 saturated heterocycles. The van der Waals surface area contributed by atoms with Crippen molar-refractivity contribution in [1.82, 2.24) is 20.5 Å². The summed E-state index contributed by atoms with van der Waals surface area (Å²) in [5, 5.41) is 11.3. The quantitative estimate of drug-likeness (QED) is 0.438. The highest BCUT2D eigenvalue weighted by Gasteiger charge is 2.18. The lowest BCUT2D eigenvalue weighted by atomic mass is 10.0. The van der Waals surface area contributed by atoms with E-state index in [0.717, 1.165) is 16.8 Å². The fourth-order valence-electron chi connectivity index (χ4n) is 3.43. The van der Waals surface area contributed by atoms with Crippen LogP contribution in [0.25, 0.3) is 11.5 Å². The smallest absolute Gasteiger partial charge is 0.247 e. The maximum atomic E-state index is 12.7. The lowest BCUT2D eigenvalue weighted by Gasteiger charge is -2.18. The number of benzene rings is 2. The molecule has 4 aromatic rings. The summed E-state index contributed by atoms with van der Waals surface area (Å²) < 4.78 is 5.74. The summed E-state index contributed by atoms with van der Waals surface area (Å²) in [7, 11) is 0. The Bertz CT molecular complexity index is 1150. The summed E-state index contributed by atoms with van der Waals surface area (Å²) in [6.07, 6.45) is 3.05. The van der Waals surface area contributed by atoms with Crippen molar-refractivity contribution >= 4 is 5.91 Å². The van der Waals surface area contributed by atoms with E-state index in [2.05, 4.69) is 51.7 Å². The molecule has 6 heteroatoms. The second-order valence-corrected chi connectivity index (χ2v) is 7.93. The molecule has 1 amide bonds. The molecule has 0 radical (unpaired) electrons. The molecule has 162 valence electrons. The van der Waals surface area contributed by atoms with Gasteiger partial charge in [0.2, 0.25) is 17.7 Å². The monoisotopic (exact) mass is 426 g/mol. The molecule has 0 bridgehead atoms. The van der Waals surface area contributed by atoms with Crippen molar-refractivity contribution in [3.8, 4) is 11.5 Å². The van der Waals surface area contributed by atoms with Crippen LogP contribution in [0.2, 0.25) is 0 Å². The van der Waals surface area contributed by atoms with Crippen LogP contribution in [-0.2, 0) is 17.6 Å². The largest absolute Gasteiger partial charge is 0.421 e. The minimum atomic E-state index is -0.211. The number of hydrogen-bond acceptors (Lipinski definition) is 5. The molecule has 0 aliphatic rings. The summed E-state index contributed by atoms with van der Waals surface area (Å²) >= 11 is 0. The predicted molar refractivity (Wildman–Crippen MR) is 123 cm³/mol. The van der Waals surface area contributed by atoms with Gasteiger partial charge in [0.1, 0.15) is 0 Å². The Morgan fingerprint density at radius 1 is 0.938 bits per heavy atom. The molecule has 2 heterocycles. The van der Waals surface area contributed by atoms with Crippen LogP contribution in [-0.4, -0.2) is 21.1 Å². The van der Waals surface area contributed by atoms with Gasteiger partial charge in [-0.15, -0.1) is 10.2 Å². The molecule has 0 aliphatic carbocycles. The number of rotatable bonds is 8. The molecule has 1 atom stereocenters. The Balaban J connectivity index is 1.39. The van der Waals surface area contributed by atoms with Gasteiger partial charge < -0.3 is 9.73 Å². The summed E-state index contributed by atoms with van der Waals surface area (Å²) in [5.41, 5.74) is 5.22. The molecule has 0 fully saturated rings. The fourth-order valence-corrected chi connectivity index (χ4v) is 3.43. The fraction of sp³-hybridized carbons (Fsp3) is 0.231. The lowest BCUT2D eigenvalue weighted by Crippen LogP contribution is -2.30. The third kappa shape index (κ3) is 5.66. The van der Waals surface area contributed by atoms with Crippen molar-refractivity contribution in [2.24, 2.45) is 0 Å². The van der Waals surface area contributed by atoms with Gasteiger partial charge in [0.05, 0.1) is 11.7 Å². The van der Waals surface area contributed by atoms with Crippen LogP contribution in [0.1, 0.15) is 40.7 Å². The van der Waals surface area contributed by atoms with Crippen molar-refractivity contribution in [2.45, 2.75) is 39.2 Å². The van der Waals surface area contributed by atoms with E-state index in [1.54, 1.807) is 6.20 Å². The van der Waals surface area contributed by atoms with Crippen molar-refractivity contribution < 1.29 is 9.21 Å². The molecule has 32 heavy (non-hydrogen) atoms. The highest BCUT2D eigenvalue weighted by molar-refractivity contribution is 5.76. The van der Waals surface area contributed by atoms with E-state index in [0.29, 0.717) is 24.6 Å². The molecule has 2 aromatic carbocycles. The average Bonchev–Trinajstić information content (AvgIpc) is 3.29. The van der Waals surface area contributed by atoms with Crippen LogP contribution < -0.4 is 5.32 Å². The van der Waals surface area contributed by atoms with Gasteiger partial charge in [-0.05, 0) is 50.1 Å². The van der Waals surface area contributed by atoms with E-state index in [-0.39, 0.29) is 18.4 Å². The molecular weight excluding hydrogens is 400 g/mol. The minimum Gasteiger partial charge on any atom is -0.421 e. The van der Waals surface area contributed by atoms with E-state index in [9.17, 15) is 4.79 Å². The second-order valence-electron chi connectivity index (χ2n) is 7.93. The van der Waals surface area contributed by atoms with Gasteiger partial charge >= 0.3 is 0 Å². The molecule has 2 aromatic heterocycles. The van der Waals surface area contributed by atoms with Crippen LogP contribution in [0.4, 0.5) is 0 Å². The molecule has 0 aliphatic heterocycles. The number of amides is 1. The molecule has 4 rings (SSSR count). The lowest BCUT2D eigenvalue weighted by molar-refractivity contribution is -0.121. The summed E-state index contributed by atoms with van der Waals surface area (Å²) in [6.45, 7) is 4.09. The van der Waals surface area contributed by atoms with Crippen LogP contribution in [0, 0.1) is 13.8 Å². The molecule has 0 saturated carbocycles. The Kier molecular flexibility index (Phi) is 6.70. The number of aryl methyl sites for hydroxylation is 3. The number of carbonyl (C=O) groups excluding carboxylic acids is 1. The third-order valence-corrected chi connectivity index (χ3v) is 5.27. The number of pyridine rings is 1. The number of nitrogens with one attached hydrogen (secondary N) is 1. The van der Waals surface area contributed by atoms with E-state index in [1.807, 2.05) is 49.4 Å². The topological polar surface area (TPSA) is 80.9 Å². The summed E-state index contributed by atoms with van der Waals surface area (Å²) in [4.78, 5) is 17.2. The predicted octanol–water partition coefficient (Wildman–Crippen LogP) is 4.78. The van der Waals surface area contributed by atoms with E-state index < -0.39 is 0 Å². The van der Waals surface area contributed by atoms with Crippen LogP contribution in [0.15, 0.2) is 77.3 Å². The molecule has 6 nitrogen and oxygen atoms in total. The van der Waals surface area contributed by atoms with Crippen molar-refractivity contribution in [3.05, 3.63) is 101 Å². The molecule has 1 N–H and O–H groups in total. The number of nitrogens with zero attached hydrogens (tertiary/aromatic N) is 3. The summed E-state index contributed by atoms with van der Waals surface area (Å²) in [6, 6.07) is 21.7. The summed E-state index contributed by atoms with van der Waals surface area (Å²) in [5.74, 6) is 0.831. The van der Waals surface area contributed by atoms with Gasteiger partial charge in [0.25, 0.3) is 0 Å². The minimum absolute atomic E-state index is 0.0807. The Morgan fingerprint density at radius 3 is 2.34 bits per heavy atom. The highest BCUT2D eigenvalue weighted by atomic mass is 16.4. The van der Waals surface area contributed by atoms with E-state index in [4.69, 9.17) is 4.42 Å². The maximum Gasteiger partial charge on any atom is 0.247 e. The average molecular weight is 427 g/mol. The van der Waals surface area contributed by atoms with Gasteiger partial charge in [0.15, 0.2) is 0 Å². The van der Waals surface area contributed by atoms with Crippen LogP contribution >= 0.6 is 0 Å². The third-order valence-electron chi connectivity index (χ3n) is 5.27. The Hall–Kier alpha value is -3.80. The first-order valence-corrected chi connectivity index (χ1v) is 10.7. The van der Waals surface area contributed by atoms with Crippen LogP contribution in [0.5, 0.6) is 0 Å². The number of hydrogen-bond donors (Lipinski definition) is 1. The van der Waals surface area contributed by atoms with E-state index >= 15 is 0 Å². The van der Waals surface area contributed by atoms with Gasteiger partial charge in [-0.25, -0.2) is 0 Å². The molecular formula is C26H26N4O2. The first-order chi connectivity index (χ1) is 15.6. The SMILES string of the molecule is Cc1ccc(CC(NC(=O)CCc2nnc(-c3ccc(C)cc3)o2)c2ccccn2)cc1. The zero-order valence-electron chi connectivity index (χ0n) is 18.3. The first kappa shape index (κ1) is 21.4. The number of carbonyl (C=O) groups is 1. The zero-order chi connectivity index (χ0) is 22.3. The van der Waals surface area contributed by atoms with Crippen LogP contribution in [0.3, 0.4) is 0 Å². The normalized spacial score (nSPS) is 11.8. The first-order valence-electron chi connectivity index (χ1n) is 10.7. The van der Waals surface area contributed by atoms with Gasteiger partial charge in [0, 0.05) is 24.6 Å². The highest BCUT2D eigenvalue weighted by Crippen LogP contribution is 2.20. The Morgan fingerprint density at radius 2 is 1.66 bits per heavy atom. The van der Waals surface area contributed by atoms with E-state index in [1.165, 1.54) is 11.1 Å². The Labute approximate surface area is 187 Å². The molecule has 0 spiro atoms. The van der Waals surface area contributed by atoms with Gasteiger partial charge in [-0.3, -0.25) is 9.78 Å². The zero-order valence-corrected chi connectivity index (χ0v) is 18.3. The van der Waals surface area contributed by atoms with Crippen molar-refractivity contribution in [3.63, 3.8) is 0 Å². The van der Waals surface area contributed by atoms with Crippen molar-refractivity contribution in [1.29, 1.82) is 0 Å². The van der Waals surface area contributed by atoms with Crippen molar-refractivity contribution in [2.75, 3.05) is 0 Å². The molecule has 1 unspecified atom stereocenters. The van der Waals surface area contributed by atoms with Gasteiger partial charge in [-0.2, -0.15) is 0 Å². The second kappa shape index (κ2) is 10.0. The standard InChI is InChI=1S/C26H26N4O2/c1-18-6-10-20(11-7-18)17-23(22-5-3-4-16-27-22)28-24(31)14-15-25-29-30-26(32-25)21-12-8-19(2)9-13-21/h3-13,16,23H,14-15,17H2,1-2H3,(H,28,31). The number of aromatic nitrogens is 3. The van der Waals surface area contributed by atoms with Gasteiger partial charge in [-0.1, -0.05) is 53.6 Å².